The Bertz CT molecular complexity index is 369. The number of amides is 2. The molecule has 1 fully saturated rings. The van der Waals surface area contributed by atoms with Crippen molar-refractivity contribution < 1.29 is 4.79 Å². The minimum atomic E-state index is -0.00144. The second kappa shape index (κ2) is 4.61. The number of rotatable bonds is 1. The number of hydrogen-bond donors (Lipinski definition) is 1. The van der Waals surface area contributed by atoms with Gasteiger partial charge in [0.25, 0.3) is 0 Å². The number of fused-ring (bicyclic) bond motifs is 1. The molecule has 2 heterocycles. The molecule has 0 saturated carbocycles. The molecule has 1 unspecified atom stereocenters. The van der Waals surface area contributed by atoms with Gasteiger partial charge in [0.2, 0.25) is 0 Å². The summed E-state index contributed by atoms with van der Waals surface area (Å²) in [6, 6.07) is 0.401. The van der Waals surface area contributed by atoms with Crippen LogP contribution >= 0.6 is 0 Å². The summed E-state index contributed by atoms with van der Waals surface area (Å²) in [4.78, 5) is 18.3. The van der Waals surface area contributed by atoms with E-state index in [4.69, 9.17) is 0 Å². The minimum absolute atomic E-state index is 0.00144. The fourth-order valence-electron chi connectivity index (χ4n) is 3.01. The second-order valence-electron chi connectivity index (χ2n) is 5.13. The first kappa shape index (κ1) is 11.0. The van der Waals surface area contributed by atoms with Crippen molar-refractivity contribution in [2.75, 3.05) is 19.6 Å². The Hall–Kier alpha value is -1.16. The molecule has 1 saturated heterocycles. The van der Waals surface area contributed by atoms with Gasteiger partial charge >= 0.3 is 6.03 Å². The first-order chi connectivity index (χ1) is 8.34. The van der Waals surface area contributed by atoms with Crippen molar-refractivity contribution in [2.45, 2.75) is 31.7 Å². The van der Waals surface area contributed by atoms with Gasteiger partial charge in [-0.15, -0.1) is 0 Å². The van der Waals surface area contributed by atoms with Gasteiger partial charge in [-0.05, 0) is 32.4 Å². The van der Waals surface area contributed by atoms with E-state index in [0.717, 1.165) is 51.0 Å². The largest absolute Gasteiger partial charge is 0.343 e. The molecule has 3 aliphatic rings. The zero-order valence-electron chi connectivity index (χ0n) is 10.1. The molecule has 2 amide bonds. The third kappa shape index (κ3) is 2.14. The zero-order valence-corrected chi connectivity index (χ0v) is 10.1. The zero-order chi connectivity index (χ0) is 11.7. The van der Waals surface area contributed by atoms with E-state index in [1.165, 1.54) is 0 Å². The maximum atomic E-state index is 12.0. The Balaban J connectivity index is 1.75. The number of piperidine rings is 1. The lowest BCUT2D eigenvalue weighted by molar-refractivity contribution is 0.155. The molecule has 92 valence electrons. The Kier molecular flexibility index (Phi) is 2.97. The van der Waals surface area contributed by atoms with Gasteiger partial charge in [0.15, 0.2) is 0 Å². The Morgan fingerprint density at radius 3 is 2.94 bits per heavy atom. The average molecular weight is 233 g/mol. The molecule has 0 aromatic heterocycles. The minimum Gasteiger partial charge on any atom is -0.319 e. The summed E-state index contributed by atoms with van der Waals surface area (Å²) in [7, 11) is 0. The van der Waals surface area contributed by atoms with Gasteiger partial charge in [-0.25, -0.2) is 9.79 Å². The molecule has 2 aliphatic heterocycles. The summed E-state index contributed by atoms with van der Waals surface area (Å²) in [6.07, 6.45) is 8.41. The molecular weight excluding hydrogens is 214 g/mol. The molecule has 3 rings (SSSR count). The topological polar surface area (TPSA) is 44.7 Å². The van der Waals surface area contributed by atoms with E-state index < -0.39 is 0 Å². The summed E-state index contributed by atoms with van der Waals surface area (Å²) in [5, 5.41) is 3.34. The van der Waals surface area contributed by atoms with E-state index in [2.05, 4.69) is 22.5 Å². The van der Waals surface area contributed by atoms with Crippen LogP contribution in [0, 0.1) is 5.92 Å². The van der Waals surface area contributed by atoms with E-state index in [-0.39, 0.29) is 6.03 Å². The highest BCUT2D eigenvalue weighted by atomic mass is 16.2. The van der Waals surface area contributed by atoms with Gasteiger partial charge in [-0.1, -0.05) is 12.2 Å². The van der Waals surface area contributed by atoms with Crippen LogP contribution in [0.25, 0.3) is 0 Å². The quantitative estimate of drug-likeness (QED) is 0.699. The van der Waals surface area contributed by atoms with Gasteiger partial charge in [0.1, 0.15) is 0 Å². The van der Waals surface area contributed by atoms with Crippen LogP contribution in [-0.4, -0.2) is 42.3 Å². The molecular formula is C13H19N3O. The summed E-state index contributed by atoms with van der Waals surface area (Å²) < 4.78 is 0. The van der Waals surface area contributed by atoms with Crippen molar-refractivity contribution in [3.63, 3.8) is 0 Å². The number of nitrogens with one attached hydrogen (secondary N) is 1. The fraction of sp³-hybridized carbons (Fsp3) is 0.692. The Morgan fingerprint density at radius 2 is 2.12 bits per heavy atom. The third-order valence-corrected chi connectivity index (χ3v) is 4.04. The molecule has 17 heavy (non-hydrogen) atoms. The van der Waals surface area contributed by atoms with Crippen LogP contribution in [0.2, 0.25) is 0 Å². The lowest BCUT2D eigenvalue weighted by Crippen LogP contribution is -2.50. The standard InChI is InChI=1S/C13H19N3O/c17-13-15-12-4-2-1-3-10(12)9-16(13)11-5-7-14-8-6-11/h1-2,10-11,14H,3-9H2. The third-order valence-electron chi connectivity index (χ3n) is 4.04. The maximum Gasteiger partial charge on any atom is 0.343 e. The predicted octanol–water partition coefficient (Wildman–Crippen LogP) is 1.58. The lowest BCUT2D eigenvalue weighted by Gasteiger charge is -2.39. The van der Waals surface area contributed by atoms with E-state index in [1.54, 1.807) is 0 Å². The summed E-state index contributed by atoms with van der Waals surface area (Å²) in [5.74, 6) is 0.479. The monoisotopic (exact) mass is 233 g/mol. The SMILES string of the molecule is O=C1N=C2CC=CCC2CN1C1CCNCC1. The first-order valence-electron chi connectivity index (χ1n) is 6.58. The molecule has 4 heteroatoms. The second-order valence-corrected chi connectivity index (χ2v) is 5.13. The number of carbonyl (C=O) groups is 1. The molecule has 1 N–H and O–H groups in total. The highest BCUT2D eigenvalue weighted by molar-refractivity contribution is 6.00. The molecule has 1 atom stereocenters. The van der Waals surface area contributed by atoms with Crippen LogP contribution in [0.15, 0.2) is 17.1 Å². The van der Waals surface area contributed by atoms with E-state index in [1.807, 2.05) is 4.90 Å². The van der Waals surface area contributed by atoms with Gasteiger partial charge < -0.3 is 10.2 Å². The van der Waals surface area contributed by atoms with E-state index >= 15 is 0 Å². The van der Waals surface area contributed by atoms with Gasteiger partial charge in [0.05, 0.1) is 0 Å². The number of urea groups is 1. The molecule has 4 nitrogen and oxygen atoms in total. The van der Waals surface area contributed by atoms with Crippen LogP contribution in [0.3, 0.4) is 0 Å². The smallest absolute Gasteiger partial charge is 0.319 e. The lowest BCUT2D eigenvalue weighted by atomic mass is 9.89. The number of nitrogens with zero attached hydrogens (tertiary/aromatic N) is 2. The van der Waals surface area contributed by atoms with Crippen molar-refractivity contribution in [1.82, 2.24) is 10.2 Å². The predicted molar refractivity (Wildman–Crippen MR) is 67.3 cm³/mol. The molecule has 0 aromatic rings. The van der Waals surface area contributed by atoms with Crippen molar-refractivity contribution in [3.05, 3.63) is 12.2 Å². The maximum absolute atomic E-state index is 12.0. The summed E-state index contributed by atoms with van der Waals surface area (Å²) in [6.45, 7) is 2.93. The molecule has 0 aromatic carbocycles. The Morgan fingerprint density at radius 1 is 1.29 bits per heavy atom. The first-order valence-corrected chi connectivity index (χ1v) is 6.58. The van der Waals surface area contributed by atoms with Gasteiger partial charge in [0, 0.05) is 30.6 Å². The number of carbonyl (C=O) groups excluding carboxylic acids is 1. The van der Waals surface area contributed by atoms with Gasteiger partial charge in [-0.2, -0.15) is 0 Å². The molecule has 0 spiro atoms. The van der Waals surface area contributed by atoms with Crippen LogP contribution in [0.5, 0.6) is 0 Å². The normalized spacial score (nSPS) is 30.1. The summed E-state index contributed by atoms with van der Waals surface area (Å²) >= 11 is 0. The number of aliphatic imine (C=N–C) groups is 1. The van der Waals surface area contributed by atoms with Crippen LogP contribution in [0.1, 0.15) is 25.7 Å². The average Bonchev–Trinajstić information content (AvgIpc) is 2.39. The summed E-state index contributed by atoms with van der Waals surface area (Å²) in [5.41, 5.74) is 1.10. The van der Waals surface area contributed by atoms with Crippen LogP contribution in [0.4, 0.5) is 4.79 Å². The molecule has 1 aliphatic carbocycles. The highest BCUT2D eigenvalue weighted by Crippen LogP contribution is 2.25. The van der Waals surface area contributed by atoms with Crippen LogP contribution in [-0.2, 0) is 0 Å². The van der Waals surface area contributed by atoms with Gasteiger partial charge in [-0.3, -0.25) is 0 Å². The fourth-order valence-corrected chi connectivity index (χ4v) is 3.01. The van der Waals surface area contributed by atoms with Crippen molar-refractivity contribution in [1.29, 1.82) is 0 Å². The van der Waals surface area contributed by atoms with Crippen molar-refractivity contribution in [3.8, 4) is 0 Å². The highest BCUT2D eigenvalue weighted by Gasteiger charge is 2.33. The molecule has 0 radical (unpaired) electrons. The molecule has 0 bridgehead atoms. The van der Waals surface area contributed by atoms with E-state index in [9.17, 15) is 4.79 Å². The van der Waals surface area contributed by atoms with Crippen LogP contribution < -0.4 is 5.32 Å². The van der Waals surface area contributed by atoms with Crippen molar-refractivity contribution in [2.24, 2.45) is 10.9 Å². The van der Waals surface area contributed by atoms with E-state index in [0.29, 0.717) is 12.0 Å². The van der Waals surface area contributed by atoms with Crippen molar-refractivity contribution >= 4 is 11.7 Å². The Labute approximate surface area is 102 Å². The number of allylic oxidation sites excluding steroid dienone is 2. The number of hydrogen-bond acceptors (Lipinski definition) is 2.